The largest absolute Gasteiger partial charge is 0.491 e. The third-order valence-corrected chi connectivity index (χ3v) is 5.27. The second kappa shape index (κ2) is 9.78. The van der Waals surface area contributed by atoms with Crippen molar-refractivity contribution in [1.82, 2.24) is 15.1 Å². The van der Waals surface area contributed by atoms with E-state index in [-0.39, 0.29) is 25.0 Å². The Balaban J connectivity index is 1.28. The molecule has 1 N–H and O–H groups in total. The highest BCUT2D eigenvalue weighted by molar-refractivity contribution is 6.32. The number of fused-ring (bicyclic) bond motifs is 1. The van der Waals surface area contributed by atoms with Gasteiger partial charge in [0.05, 0.1) is 36.9 Å². The number of para-hydroxylation sites is 1. The second-order valence-corrected chi connectivity index (χ2v) is 7.57. The molecule has 156 valence electrons. The van der Waals surface area contributed by atoms with Crippen LogP contribution in [-0.4, -0.2) is 35.4 Å². The van der Waals surface area contributed by atoms with E-state index in [4.69, 9.17) is 26.2 Å². The van der Waals surface area contributed by atoms with Crippen molar-refractivity contribution in [2.45, 2.75) is 25.5 Å². The maximum absolute atomic E-state index is 12.2. The van der Waals surface area contributed by atoms with Crippen molar-refractivity contribution in [3.8, 4) is 5.75 Å². The fourth-order valence-corrected chi connectivity index (χ4v) is 3.64. The molecule has 0 radical (unpaired) electrons. The van der Waals surface area contributed by atoms with Crippen LogP contribution in [0.2, 0.25) is 5.02 Å². The Hall–Kier alpha value is -2.83. The minimum atomic E-state index is -0.237. The first-order chi connectivity index (χ1) is 14.7. The number of nitrogens with zero attached hydrogens (tertiary/aromatic N) is 2. The van der Waals surface area contributed by atoms with E-state index in [9.17, 15) is 4.79 Å². The highest BCUT2D eigenvalue weighted by atomic mass is 35.5. The maximum Gasteiger partial charge on any atom is 0.223 e. The van der Waals surface area contributed by atoms with Gasteiger partial charge in [-0.05, 0) is 29.7 Å². The molecule has 1 aliphatic heterocycles. The minimum Gasteiger partial charge on any atom is -0.491 e. The molecule has 0 saturated heterocycles. The van der Waals surface area contributed by atoms with Gasteiger partial charge in [-0.25, -0.2) is 0 Å². The van der Waals surface area contributed by atoms with Crippen LogP contribution in [0, 0.1) is 0 Å². The van der Waals surface area contributed by atoms with Crippen LogP contribution >= 0.6 is 11.6 Å². The van der Waals surface area contributed by atoms with E-state index in [0.29, 0.717) is 30.5 Å². The van der Waals surface area contributed by atoms with E-state index in [1.807, 2.05) is 35.0 Å². The van der Waals surface area contributed by atoms with E-state index in [0.717, 1.165) is 12.1 Å². The number of hydrogen-bond acceptors (Lipinski definition) is 4. The summed E-state index contributed by atoms with van der Waals surface area (Å²) in [7, 11) is 0. The van der Waals surface area contributed by atoms with Crippen LogP contribution < -0.4 is 10.1 Å². The smallest absolute Gasteiger partial charge is 0.223 e. The summed E-state index contributed by atoms with van der Waals surface area (Å²) in [4.78, 5) is 12.2. The van der Waals surface area contributed by atoms with Crippen molar-refractivity contribution in [3.05, 3.63) is 82.6 Å². The predicted octanol–water partition coefficient (Wildman–Crippen LogP) is 3.78. The maximum atomic E-state index is 12.2. The second-order valence-electron chi connectivity index (χ2n) is 7.17. The third kappa shape index (κ3) is 5.20. The standard InChI is InChI=1S/C23H24ClN3O3/c24-19-8-4-5-9-20(19)29-13-11-22(28)25-14-21-23-18(10-12-30-21)16-27(26-23)15-17-6-2-1-3-7-17/h1-9,16,21H,10-15H2,(H,25,28). The number of halogens is 1. The lowest BCUT2D eigenvalue weighted by Gasteiger charge is -2.22. The van der Waals surface area contributed by atoms with Gasteiger partial charge in [-0.1, -0.05) is 54.1 Å². The summed E-state index contributed by atoms with van der Waals surface area (Å²) in [6.07, 6.45) is 2.92. The van der Waals surface area contributed by atoms with Gasteiger partial charge in [0.2, 0.25) is 5.91 Å². The molecule has 1 aliphatic rings. The molecule has 1 atom stereocenters. The van der Waals surface area contributed by atoms with Crippen molar-refractivity contribution in [3.63, 3.8) is 0 Å². The Kier molecular flexibility index (Phi) is 6.67. The predicted molar refractivity (Wildman–Crippen MR) is 115 cm³/mol. The molecule has 2 aromatic carbocycles. The van der Waals surface area contributed by atoms with Crippen LogP contribution in [0.15, 0.2) is 60.8 Å². The number of carbonyl (C=O) groups excluding carboxylic acids is 1. The summed E-state index contributed by atoms with van der Waals surface area (Å²) < 4.78 is 13.4. The summed E-state index contributed by atoms with van der Waals surface area (Å²) >= 11 is 6.05. The minimum absolute atomic E-state index is 0.0958. The van der Waals surface area contributed by atoms with E-state index in [1.165, 1.54) is 11.1 Å². The molecule has 3 aromatic rings. The van der Waals surface area contributed by atoms with Gasteiger partial charge in [0.1, 0.15) is 11.9 Å². The van der Waals surface area contributed by atoms with E-state index >= 15 is 0 Å². The van der Waals surface area contributed by atoms with Gasteiger partial charge < -0.3 is 14.8 Å². The van der Waals surface area contributed by atoms with Crippen molar-refractivity contribution in [1.29, 1.82) is 0 Å². The summed E-state index contributed by atoms with van der Waals surface area (Å²) in [6, 6.07) is 17.4. The Morgan fingerprint density at radius 1 is 1.20 bits per heavy atom. The van der Waals surface area contributed by atoms with Gasteiger partial charge in [0.25, 0.3) is 0 Å². The quantitative estimate of drug-likeness (QED) is 0.596. The van der Waals surface area contributed by atoms with E-state index < -0.39 is 0 Å². The topological polar surface area (TPSA) is 65.4 Å². The zero-order valence-corrected chi connectivity index (χ0v) is 17.3. The summed E-state index contributed by atoms with van der Waals surface area (Å²) in [5.41, 5.74) is 3.28. The number of rotatable bonds is 8. The number of benzene rings is 2. The van der Waals surface area contributed by atoms with Crippen LogP contribution in [0.3, 0.4) is 0 Å². The molecular weight excluding hydrogens is 402 g/mol. The SMILES string of the molecule is O=C(CCOc1ccccc1Cl)NCC1OCCc2cn(Cc3ccccc3)nc21. The number of carbonyl (C=O) groups is 1. The molecular formula is C23H24ClN3O3. The molecule has 30 heavy (non-hydrogen) atoms. The lowest BCUT2D eigenvalue weighted by molar-refractivity contribution is -0.122. The van der Waals surface area contributed by atoms with Crippen molar-refractivity contribution in [2.75, 3.05) is 19.8 Å². The Morgan fingerprint density at radius 2 is 2.00 bits per heavy atom. The Labute approximate surface area is 180 Å². The fourth-order valence-electron chi connectivity index (χ4n) is 3.45. The summed E-state index contributed by atoms with van der Waals surface area (Å²) in [5, 5.41) is 8.18. The number of hydrogen-bond donors (Lipinski definition) is 1. The lowest BCUT2D eigenvalue weighted by Crippen LogP contribution is -2.32. The summed E-state index contributed by atoms with van der Waals surface area (Å²) in [6.45, 7) is 1.99. The van der Waals surface area contributed by atoms with Gasteiger partial charge in [0.15, 0.2) is 0 Å². The van der Waals surface area contributed by atoms with Gasteiger partial charge in [-0.15, -0.1) is 0 Å². The molecule has 0 aliphatic carbocycles. The molecule has 1 aromatic heterocycles. The average Bonchev–Trinajstić information content (AvgIpc) is 3.17. The van der Waals surface area contributed by atoms with E-state index in [1.54, 1.807) is 12.1 Å². The normalized spacial score (nSPS) is 15.4. The first kappa shape index (κ1) is 20.4. The van der Waals surface area contributed by atoms with E-state index in [2.05, 4.69) is 23.6 Å². The fraction of sp³-hybridized carbons (Fsp3) is 0.304. The van der Waals surface area contributed by atoms with Crippen LogP contribution in [0.1, 0.15) is 29.3 Å². The molecule has 4 rings (SSSR count). The number of amides is 1. The van der Waals surface area contributed by atoms with Gasteiger partial charge in [-0.3, -0.25) is 9.48 Å². The number of aromatic nitrogens is 2. The first-order valence-electron chi connectivity index (χ1n) is 10.0. The molecule has 1 amide bonds. The lowest BCUT2D eigenvalue weighted by atomic mass is 10.1. The van der Waals surface area contributed by atoms with Crippen molar-refractivity contribution >= 4 is 17.5 Å². The highest BCUT2D eigenvalue weighted by Gasteiger charge is 2.25. The average molecular weight is 426 g/mol. The van der Waals surface area contributed by atoms with Gasteiger partial charge in [-0.2, -0.15) is 5.10 Å². The Bertz CT molecular complexity index is 990. The van der Waals surface area contributed by atoms with Crippen molar-refractivity contribution < 1.29 is 14.3 Å². The molecule has 0 saturated carbocycles. The third-order valence-electron chi connectivity index (χ3n) is 4.96. The summed E-state index contributed by atoms with van der Waals surface area (Å²) in [5.74, 6) is 0.484. The van der Waals surface area contributed by atoms with Crippen LogP contribution in [0.25, 0.3) is 0 Å². The molecule has 0 bridgehead atoms. The molecule has 0 spiro atoms. The molecule has 2 heterocycles. The highest BCUT2D eigenvalue weighted by Crippen LogP contribution is 2.26. The number of nitrogens with one attached hydrogen (secondary N) is 1. The van der Waals surface area contributed by atoms with Crippen LogP contribution in [-0.2, 0) is 22.5 Å². The zero-order chi connectivity index (χ0) is 20.8. The van der Waals surface area contributed by atoms with Crippen LogP contribution in [0.4, 0.5) is 0 Å². The molecule has 1 unspecified atom stereocenters. The zero-order valence-electron chi connectivity index (χ0n) is 16.6. The molecule has 6 nitrogen and oxygen atoms in total. The molecule has 7 heteroatoms. The number of ether oxygens (including phenoxy) is 2. The van der Waals surface area contributed by atoms with Crippen LogP contribution in [0.5, 0.6) is 5.75 Å². The Morgan fingerprint density at radius 3 is 2.83 bits per heavy atom. The van der Waals surface area contributed by atoms with Gasteiger partial charge >= 0.3 is 0 Å². The molecule has 0 fully saturated rings. The van der Waals surface area contributed by atoms with Crippen molar-refractivity contribution in [2.24, 2.45) is 0 Å². The monoisotopic (exact) mass is 425 g/mol. The van der Waals surface area contributed by atoms with Gasteiger partial charge in [0, 0.05) is 12.7 Å². The first-order valence-corrected chi connectivity index (χ1v) is 10.4.